The van der Waals surface area contributed by atoms with Crippen LogP contribution >= 0.6 is 0 Å². The van der Waals surface area contributed by atoms with Crippen LogP contribution < -0.4 is 9.64 Å². The molecule has 0 saturated carbocycles. The van der Waals surface area contributed by atoms with Crippen molar-refractivity contribution in [2.75, 3.05) is 18.0 Å². The van der Waals surface area contributed by atoms with Crippen LogP contribution in [0, 0.1) is 6.92 Å². The minimum atomic E-state index is -3.73. The van der Waals surface area contributed by atoms with E-state index in [9.17, 15) is 13.2 Å². The van der Waals surface area contributed by atoms with Gasteiger partial charge in [-0.2, -0.15) is 0 Å². The lowest BCUT2D eigenvalue weighted by Crippen LogP contribution is -2.20. The molecule has 0 bridgehead atoms. The van der Waals surface area contributed by atoms with Gasteiger partial charge in [0.25, 0.3) is 10.0 Å². The molecular weight excluding hydrogens is 426 g/mol. The normalized spacial score (nSPS) is 15.0. The van der Waals surface area contributed by atoms with Crippen molar-refractivity contribution in [3.8, 4) is 5.75 Å². The van der Waals surface area contributed by atoms with Gasteiger partial charge < -0.3 is 9.64 Å². The van der Waals surface area contributed by atoms with Crippen LogP contribution in [0.4, 0.5) is 5.69 Å². The first kappa shape index (κ1) is 22.1. The zero-order valence-electron chi connectivity index (χ0n) is 18.3. The Kier molecular flexibility index (Phi) is 6.32. The number of aryl methyl sites for hydroxylation is 1. The van der Waals surface area contributed by atoms with E-state index in [1.807, 2.05) is 19.1 Å². The third-order valence-electron chi connectivity index (χ3n) is 5.87. The van der Waals surface area contributed by atoms with Gasteiger partial charge in [-0.15, -0.1) is 0 Å². The standard InChI is InChI=1S/C24H27N3O4S/c1-3-22(19-6-8-20(9-7-19)26-13-4-5-14-26)24(28)31-23-11-10-21(16-18(23)2)32(29,30)27-15-12-25-17-27/h6-12,15-17,22H,3-5,13-14H2,1-2H3. The average Bonchev–Trinajstić information content (AvgIpc) is 3.51. The third kappa shape index (κ3) is 4.41. The van der Waals surface area contributed by atoms with Gasteiger partial charge in [0.15, 0.2) is 0 Å². The summed E-state index contributed by atoms with van der Waals surface area (Å²) in [6.45, 7) is 5.82. The van der Waals surface area contributed by atoms with Crippen LogP contribution in [0.3, 0.4) is 0 Å². The number of carbonyl (C=O) groups excluding carboxylic acids is 1. The lowest BCUT2D eigenvalue weighted by molar-refractivity contribution is -0.136. The molecule has 2 heterocycles. The van der Waals surface area contributed by atoms with Crippen molar-refractivity contribution < 1.29 is 17.9 Å². The Hall–Kier alpha value is -3.13. The van der Waals surface area contributed by atoms with E-state index in [2.05, 4.69) is 22.0 Å². The molecule has 1 aliphatic rings. The number of imidazole rings is 1. The van der Waals surface area contributed by atoms with Crippen molar-refractivity contribution in [1.82, 2.24) is 8.96 Å². The summed E-state index contributed by atoms with van der Waals surface area (Å²) in [6.07, 6.45) is 7.05. The molecule has 4 rings (SSSR count). The number of rotatable bonds is 7. The minimum absolute atomic E-state index is 0.109. The fraction of sp³-hybridized carbons (Fsp3) is 0.333. The average molecular weight is 454 g/mol. The van der Waals surface area contributed by atoms with E-state index in [1.54, 1.807) is 6.92 Å². The van der Waals surface area contributed by atoms with Crippen LogP contribution in [-0.2, 0) is 14.8 Å². The van der Waals surface area contributed by atoms with Gasteiger partial charge >= 0.3 is 5.97 Å². The van der Waals surface area contributed by atoms with Crippen LogP contribution in [0.15, 0.2) is 66.1 Å². The molecule has 1 aliphatic heterocycles. The number of aromatic nitrogens is 2. The van der Waals surface area contributed by atoms with E-state index in [-0.39, 0.29) is 10.9 Å². The van der Waals surface area contributed by atoms with Gasteiger partial charge in [0, 0.05) is 31.2 Å². The second-order valence-corrected chi connectivity index (χ2v) is 9.84. The smallest absolute Gasteiger partial charge is 0.318 e. The van der Waals surface area contributed by atoms with Gasteiger partial charge in [0.2, 0.25) is 0 Å². The zero-order valence-corrected chi connectivity index (χ0v) is 19.1. The molecule has 2 aromatic carbocycles. The predicted octanol–water partition coefficient (Wildman–Crippen LogP) is 4.13. The van der Waals surface area contributed by atoms with Crippen LogP contribution in [0.2, 0.25) is 0 Å². The van der Waals surface area contributed by atoms with Crippen molar-refractivity contribution in [2.24, 2.45) is 0 Å². The van der Waals surface area contributed by atoms with Crippen LogP contribution in [-0.4, -0.2) is 36.4 Å². The maximum Gasteiger partial charge on any atom is 0.318 e. The Balaban J connectivity index is 1.49. The summed E-state index contributed by atoms with van der Waals surface area (Å²) in [5, 5.41) is 0. The highest BCUT2D eigenvalue weighted by Crippen LogP contribution is 2.29. The van der Waals surface area contributed by atoms with Crippen molar-refractivity contribution in [1.29, 1.82) is 0 Å². The van der Waals surface area contributed by atoms with Gasteiger partial charge in [-0.25, -0.2) is 17.4 Å². The molecule has 3 aromatic rings. The molecule has 0 radical (unpaired) electrons. The first-order valence-corrected chi connectivity index (χ1v) is 12.2. The molecule has 0 amide bonds. The van der Waals surface area contributed by atoms with Crippen LogP contribution in [0.5, 0.6) is 5.75 Å². The first-order valence-electron chi connectivity index (χ1n) is 10.8. The molecule has 8 heteroatoms. The van der Waals surface area contributed by atoms with E-state index in [4.69, 9.17) is 4.74 Å². The van der Waals surface area contributed by atoms with Crippen molar-refractivity contribution >= 4 is 21.7 Å². The molecule has 168 valence electrons. The molecule has 1 atom stereocenters. The highest BCUT2D eigenvalue weighted by Gasteiger charge is 2.23. The predicted molar refractivity (Wildman–Crippen MR) is 123 cm³/mol. The summed E-state index contributed by atoms with van der Waals surface area (Å²) in [5.41, 5.74) is 2.66. The number of benzene rings is 2. The van der Waals surface area contributed by atoms with Crippen molar-refractivity contribution in [3.05, 3.63) is 72.3 Å². The number of carbonyl (C=O) groups is 1. The summed E-state index contributed by atoms with van der Waals surface area (Å²) in [7, 11) is -3.73. The molecule has 1 aromatic heterocycles. The fourth-order valence-electron chi connectivity index (χ4n) is 4.02. The second kappa shape index (κ2) is 9.16. The first-order chi connectivity index (χ1) is 15.4. The third-order valence-corrected chi connectivity index (χ3v) is 7.49. The van der Waals surface area contributed by atoms with Crippen molar-refractivity contribution in [2.45, 2.75) is 43.9 Å². The van der Waals surface area contributed by atoms with E-state index in [1.165, 1.54) is 55.4 Å². The molecule has 1 unspecified atom stereocenters. The van der Waals surface area contributed by atoms with E-state index < -0.39 is 15.9 Å². The summed E-state index contributed by atoms with van der Waals surface area (Å²) in [5.74, 6) is -0.391. The van der Waals surface area contributed by atoms with Gasteiger partial charge in [0.05, 0.1) is 10.8 Å². The Bertz CT molecular complexity index is 1180. The van der Waals surface area contributed by atoms with Gasteiger partial charge in [0.1, 0.15) is 12.1 Å². The topological polar surface area (TPSA) is 81.5 Å². The Morgan fingerprint density at radius 1 is 1.12 bits per heavy atom. The highest BCUT2D eigenvalue weighted by atomic mass is 32.2. The number of ether oxygens (including phenoxy) is 1. The fourth-order valence-corrected chi connectivity index (χ4v) is 5.22. The number of esters is 1. The molecule has 0 aliphatic carbocycles. The molecule has 0 spiro atoms. The lowest BCUT2D eigenvalue weighted by Gasteiger charge is -2.20. The second-order valence-electron chi connectivity index (χ2n) is 7.99. The SMILES string of the molecule is CCC(C(=O)Oc1ccc(S(=O)(=O)n2ccnc2)cc1C)c1ccc(N2CCCC2)cc1. The molecule has 7 nitrogen and oxygen atoms in total. The number of hydrogen-bond acceptors (Lipinski definition) is 6. The molecule has 1 saturated heterocycles. The Morgan fingerprint density at radius 2 is 1.84 bits per heavy atom. The van der Waals surface area contributed by atoms with Gasteiger partial charge in [-0.1, -0.05) is 19.1 Å². The molecule has 1 fully saturated rings. The number of anilines is 1. The van der Waals surface area contributed by atoms with Gasteiger partial charge in [-0.05, 0) is 67.6 Å². The van der Waals surface area contributed by atoms with E-state index in [0.29, 0.717) is 17.7 Å². The zero-order chi connectivity index (χ0) is 22.7. The maximum atomic E-state index is 12.9. The van der Waals surface area contributed by atoms with Crippen LogP contribution in [0.25, 0.3) is 0 Å². The summed E-state index contributed by atoms with van der Waals surface area (Å²) in [4.78, 5) is 19.2. The van der Waals surface area contributed by atoms with Gasteiger partial charge in [-0.3, -0.25) is 4.79 Å². The maximum absolute atomic E-state index is 12.9. The lowest BCUT2D eigenvalue weighted by atomic mass is 9.96. The molecule has 0 N–H and O–H groups in total. The largest absolute Gasteiger partial charge is 0.426 e. The summed E-state index contributed by atoms with van der Waals surface area (Å²) < 4.78 is 32.0. The number of nitrogens with zero attached hydrogens (tertiary/aromatic N) is 3. The monoisotopic (exact) mass is 453 g/mol. The highest BCUT2D eigenvalue weighted by molar-refractivity contribution is 7.90. The summed E-state index contributed by atoms with van der Waals surface area (Å²) in [6, 6.07) is 12.6. The minimum Gasteiger partial charge on any atom is -0.426 e. The Morgan fingerprint density at radius 3 is 2.44 bits per heavy atom. The van der Waals surface area contributed by atoms with E-state index >= 15 is 0 Å². The quantitative estimate of drug-likeness (QED) is 0.395. The summed E-state index contributed by atoms with van der Waals surface area (Å²) >= 11 is 0. The Labute approximate surface area is 188 Å². The van der Waals surface area contributed by atoms with Crippen molar-refractivity contribution in [3.63, 3.8) is 0 Å². The molecule has 32 heavy (non-hydrogen) atoms. The van der Waals surface area contributed by atoms with Crippen LogP contribution in [0.1, 0.15) is 43.2 Å². The van der Waals surface area contributed by atoms with E-state index in [0.717, 1.165) is 22.6 Å². The molecular formula is C24H27N3O4S. The number of hydrogen-bond donors (Lipinski definition) is 0.